The molecule has 0 aliphatic carbocycles. The molecule has 31 heavy (non-hydrogen) atoms. The first kappa shape index (κ1) is 20.6. The van der Waals surface area contributed by atoms with Gasteiger partial charge in [0.1, 0.15) is 0 Å². The molecule has 158 valence electrons. The van der Waals surface area contributed by atoms with Gasteiger partial charge in [-0.2, -0.15) is 0 Å². The summed E-state index contributed by atoms with van der Waals surface area (Å²) in [5.41, 5.74) is 2.53. The lowest BCUT2D eigenvalue weighted by atomic mass is 10.1. The summed E-state index contributed by atoms with van der Waals surface area (Å²) in [5.74, 6) is -0.499. The Balaban J connectivity index is 1.60. The normalized spacial score (nSPS) is 12.9. The van der Waals surface area contributed by atoms with Crippen molar-refractivity contribution < 1.29 is 18.0 Å². The van der Waals surface area contributed by atoms with Crippen molar-refractivity contribution in [3.63, 3.8) is 0 Å². The zero-order valence-corrected chi connectivity index (χ0v) is 17.6. The number of hydrogen-bond acceptors (Lipinski definition) is 4. The van der Waals surface area contributed by atoms with Gasteiger partial charge in [0.15, 0.2) is 0 Å². The summed E-state index contributed by atoms with van der Waals surface area (Å²) in [4.78, 5) is 26.2. The van der Waals surface area contributed by atoms with E-state index < -0.39 is 15.9 Å². The van der Waals surface area contributed by atoms with Crippen LogP contribution in [0.3, 0.4) is 0 Å². The van der Waals surface area contributed by atoms with E-state index in [4.69, 9.17) is 0 Å². The lowest BCUT2D eigenvalue weighted by Crippen LogP contribution is -2.25. The molecule has 0 bridgehead atoms. The highest BCUT2D eigenvalue weighted by Crippen LogP contribution is 2.31. The van der Waals surface area contributed by atoms with Gasteiger partial charge in [-0.25, -0.2) is 8.42 Å². The minimum atomic E-state index is -3.93. The van der Waals surface area contributed by atoms with Gasteiger partial charge < -0.3 is 10.2 Å². The second-order valence-corrected chi connectivity index (χ2v) is 8.86. The van der Waals surface area contributed by atoms with Crippen molar-refractivity contribution in [2.75, 3.05) is 21.5 Å². The molecule has 0 radical (unpaired) electrons. The number of sulfonamides is 1. The van der Waals surface area contributed by atoms with Crippen LogP contribution in [0.1, 0.15) is 22.8 Å². The zero-order valence-electron chi connectivity index (χ0n) is 16.8. The Morgan fingerprint density at radius 1 is 0.935 bits per heavy atom. The molecule has 1 aliphatic rings. The molecule has 1 aliphatic heterocycles. The van der Waals surface area contributed by atoms with Crippen molar-refractivity contribution in [2.24, 2.45) is 0 Å². The Kier molecular flexibility index (Phi) is 5.48. The molecule has 1 heterocycles. The fourth-order valence-corrected chi connectivity index (χ4v) is 4.70. The number of hydrogen-bond donors (Lipinski definition) is 2. The summed E-state index contributed by atoms with van der Waals surface area (Å²) < 4.78 is 28.6. The van der Waals surface area contributed by atoms with Crippen molar-refractivity contribution in [3.8, 4) is 0 Å². The minimum Gasteiger partial charge on any atom is -0.322 e. The van der Waals surface area contributed by atoms with Crippen molar-refractivity contribution in [1.29, 1.82) is 0 Å². The number of carbonyl (C=O) groups excluding carboxylic acids is 2. The molecule has 2 N–H and O–H groups in total. The van der Waals surface area contributed by atoms with Crippen LogP contribution >= 0.6 is 0 Å². The number of amides is 2. The SMILES string of the molecule is CC(=O)N1CCc2cc(S(=O)(=O)Nc3ccccc3C(=O)Nc3ccccc3)ccc21. The Morgan fingerprint density at radius 3 is 2.39 bits per heavy atom. The first-order chi connectivity index (χ1) is 14.8. The Morgan fingerprint density at radius 2 is 1.65 bits per heavy atom. The molecule has 0 aromatic heterocycles. The van der Waals surface area contributed by atoms with Crippen LogP contribution in [0.4, 0.5) is 17.1 Å². The van der Waals surface area contributed by atoms with Crippen LogP contribution in [0.2, 0.25) is 0 Å². The predicted octanol–water partition coefficient (Wildman–Crippen LogP) is 3.65. The molecule has 0 atom stereocenters. The summed E-state index contributed by atoms with van der Waals surface area (Å²) in [6.07, 6.45) is 0.592. The molecule has 3 aromatic carbocycles. The summed E-state index contributed by atoms with van der Waals surface area (Å²) in [6.45, 7) is 2.02. The number of fused-ring (bicyclic) bond motifs is 1. The van der Waals surface area contributed by atoms with E-state index in [0.717, 1.165) is 11.3 Å². The second kappa shape index (κ2) is 8.23. The third kappa shape index (κ3) is 4.29. The van der Waals surface area contributed by atoms with Crippen LogP contribution in [-0.2, 0) is 21.2 Å². The van der Waals surface area contributed by atoms with E-state index in [2.05, 4.69) is 10.0 Å². The van der Waals surface area contributed by atoms with Gasteiger partial charge in [0.05, 0.1) is 16.1 Å². The van der Waals surface area contributed by atoms with Gasteiger partial charge in [0.2, 0.25) is 5.91 Å². The lowest BCUT2D eigenvalue weighted by Gasteiger charge is -2.16. The number of nitrogens with zero attached hydrogens (tertiary/aromatic N) is 1. The average molecular weight is 436 g/mol. The van der Waals surface area contributed by atoms with E-state index in [0.29, 0.717) is 18.7 Å². The second-order valence-electron chi connectivity index (χ2n) is 7.18. The Labute approximate surface area is 180 Å². The maximum Gasteiger partial charge on any atom is 0.261 e. The van der Waals surface area contributed by atoms with Crippen molar-refractivity contribution in [3.05, 3.63) is 83.9 Å². The lowest BCUT2D eigenvalue weighted by molar-refractivity contribution is -0.116. The fraction of sp³-hybridized carbons (Fsp3) is 0.130. The zero-order chi connectivity index (χ0) is 22.0. The quantitative estimate of drug-likeness (QED) is 0.640. The molecule has 4 rings (SSSR count). The van der Waals surface area contributed by atoms with Crippen LogP contribution < -0.4 is 14.9 Å². The first-order valence-corrected chi connectivity index (χ1v) is 11.2. The molecule has 0 fully saturated rings. The van der Waals surface area contributed by atoms with E-state index >= 15 is 0 Å². The average Bonchev–Trinajstić information content (AvgIpc) is 3.18. The number of anilines is 3. The summed E-state index contributed by atoms with van der Waals surface area (Å²) in [6, 6.07) is 20.0. The molecule has 0 spiro atoms. The maximum atomic E-state index is 13.0. The van der Waals surface area contributed by atoms with Gasteiger partial charge in [0.25, 0.3) is 15.9 Å². The molecule has 2 amide bonds. The minimum absolute atomic E-state index is 0.0779. The van der Waals surface area contributed by atoms with Crippen LogP contribution in [0.15, 0.2) is 77.7 Å². The molecule has 3 aromatic rings. The van der Waals surface area contributed by atoms with E-state index in [-0.39, 0.29) is 22.1 Å². The molecular formula is C23H21N3O4S. The van der Waals surface area contributed by atoms with Crippen LogP contribution in [0.25, 0.3) is 0 Å². The van der Waals surface area contributed by atoms with Gasteiger partial charge in [-0.1, -0.05) is 30.3 Å². The molecule has 0 saturated heterocycles. The van der Waals surface area contributed by atoms with E-state index in [9.17, 15) is 18.0 Å². The van der Waals surface area contributed by atoms with Gasteiger partial charge in [0, 0.05) is 24.8 Å². The number of carbonyl (C=O) groups is 2. The topological polar surface area (TPSA) is 95.6 Å². The Hall–Kier alpha value is -3.65. The smallest absolute Gasteiger partial charge is 0.261 e. The number of nitrogens with one attached hydrogen (secondary N) is 2. The molecular weight excluding hydrogens is 414 g/mol. The number of para-hydroxylation sites is 2. The van der Waals surface area contributed by atoms with E-state index in [1.165, 1.54) is 13.0 Å². The molecule has 0 saturated carbocycles. The highest BCUT2D eigenvalue weighted by molar-refractivity contribution is 7.92. The molecule has 0 unspecified atom stereocenters. The molecule has 8 heteroatoms. The number of benzene rings is 3. The van der Waals surface area contributed by atoms with Crippen molar-refractivity contribution in [1.82, 2.24) is 0 Å². The molecule has 7 nitrogen and oxygen atoms in total. The predicted molar refractivity (Wildman–Crippen MR) is 120 cm³/mol. The van der Waals surface area contributed by atoms with Crippen LogP contribution in [0, 0.1) is 0 Å². The summed E-state index contributed by atoms with van der Waals surface area (Å²) >= 11 is 0. The third-order valence-corrected chi connectivity index (χ3v) is 6.45. The van der Waals surface area contributed by atoms with Crippen molar-refractivity contribution in [2.45, 2.75) is 18.2 Å². The third-order valence-electron chi connectivity index (χ3n) is 5.08. The standard InChI is InChI=1S/C23H21N3O4S/c1-16(27)26-14-13-17-15-19(11-12-22(17)26)31(29,30)25-21-10-6-5-9-20(21)23(28)24-18-7-3-2-4-8-18/h2-12,15,25H,13-14H2,1H3,(H,24,28). The fourth-order valence-electron chi connectivity index (χ4n) is 3.57. The highest BCUT2D eigenvalue weighted by Gasteiger charge is 2.25. The van der Waals surface area contributed by atoms with Gasteiger partial charge in [-0.3, -0.25) is 14.3 Å². The Bertz CT molecular complexity index is 1260. The van der Waals surface area contributed by atoms with Gasteiger partial charge in [-0.15, -0.1) is 0 Å². The first-order valence-electron chi connectivity index (χ1n) is 9.74. The van der Waals surface area contributed by atoms with Crippen LogP contribution in [-0.4, -0.2) is 26.8 Å². The van der Waals surface area contributed by atoms with Gasteiger partial charge in [-0.05, 0) is 54.4 Å². The number of rotatable bonds is 5. The van der Waals surface area contributed by atoms with Gasteiger partial charge >= 0.3 is 0 Å². The van der Waals surface area contributed by atoms with E-state index in [1.807, 2.05) is 6.07 Å². The largest absolute Gasteiger partial charge is 0.322 e. The van der Waals surface area contributed by atoms with E-state index in [1.54, 1.807) is 65.6 Å². The summed E-state index contributed by atoms with van der Waals surface area (Å²) in [7, 11) is -3.93. The van der Waals surface area contributed by atoms with Crippen LogP contribution in [0.5, 0.6) is 0 Å². The van der Waals surface area contributed by atoms with Crippen molar-refractivity contribution >= 4 is 38.9 Å². The maximum absolute atomic E-state index is 13.0. The monoisotopic (exact) mass is 435 g/mol. The summed E-state index contributed by atoms with van der Waals surface area (Å²) in [5, 5.41) is 2.76. The highest BCUT2D eigenvalue weighted by atomic mass is 32.2.